The number of amides is 1. The number of piperazine rings is 1. The van der Waals surface area contributed by atoms with Crippen molar-refractivity contribution in [2.24, 2.45) is 0 Å². The van der Waals surface area contributed by atoms with Crippen molar-refractivity contribution in [3.8, 4) is 0 Å². The van der Waals surface area contributed by atoms with Crippen LogP contribution in [0.15, 0.2) is 49.3 Å². The van der Waals surface area contributed by atoms with Crippen molar-refractivity contribution in [3.05, 3.63) is 60.2 Å². The van der Waals surface area contributed by atoms with E-state index >= 15 is 0 Å². The van der Waals surface area contributed by atoms with Gasteiger partial charge in [-0.05, 0) is 36.8 Å². The third kappa shape index (κ3) is 3.04. The Hall–Kier alpha value is -3.26. The van der Waals surface area contributed by atoms with Crippen molar-refractivity contribution in [1.29, 1.82) is 0 Å². The van der Waals surface area contributed by atoms with Gasteiger partial charge in [0.05, 0.1) is 28.3 Å². The van der Waals surface area contributed by atoms with Crippen LogP contribution >= 0.6 is 11.6 Å². The highest BCUT2D eigenvalue weighted by Crippen LogP contribution is 2.37. The molecule has 30 heavy (non-hydrogen) atoms. The molecular weight excluding hydrogens is 407 g/mol. The molecule has 3 aliphatic heterocycles. The van der Waals surface area contributed by atoms with Crippen LogP contribution in [0.2, 0.25) is 5.02 Å². The number of piperidine rings is 1. The van der Waals surface area contributed by atoms with Crippen molar-refractivity contribution in [2.45, 2.75) is 18.5 Å². The van der Waals surface area contributed by atoms with Gasteiger partial charge in [0.25, 0.3) is 0 Å². The number of fused-ring (bicyclic) bond motifs is 3. The molecule has 6 rings (SSSR count). The molecule has 0 radical (unpaired) electrons. The zero-order valence-corrected chi connectivity index (χ0v) is 16.7. The molecule has 1 N–H and O–H groups in total. The lowest BCUT2D eigenvalue weighted by Gasteiger charge is -2.56. The highest BCUT2D eigenvalue weighted by atomic mass is 35.5. The van der Waals surface area contributed by atoms with Gasteiger partial charge in [0.1, 0.15) is 17.7 Å². The van der Waals surface area contributed by atoms with Gasteiger partial charge in [-0.2, -0.15) is 0 Å². The number of hydrogen-bond acceptors (Lipinski definition) is 6. The normalized spacial score (nSPS) is 20.1. The second-order valence-electron chi connectivity index (χ2n) is 7.38. The van der Waals surface area contributed by atoms with Crippen LogP contribution < -0.4 is 10.2 Å². The Bertz CT molecular complexity index is 1160. The molecule has 152 valence electrons. The summed E-state index contributed by atoms with van der Waals surface area (Å²) in [4.78, 5) is 29.3. The first-order valence-electron chi connectivity index (χ1n) is 9.57. The Balaban J connectivity index is 1.46. The molecule has 0 aliphatic carbocycles. The fourth-order valence-corrected chi connectivity index (χ4v) is 4.36. The third-order valence-corrected chi connectivity index (χ3v) is 5.91. The maximum Gasteiger partial charge on any atom is 0.246 e. The molecule has 3 aromatic rings. The number of hydrogen-bond donors (Lipinski definition) is 1. The van der Waals surface area contributed by atoms with Gasteiger partial charge < -0.3 is 15.1 Å². The van der Waals surface area contributed by atoms with E-state index < -0.39 is 5.82 Å². The van der Waals surface area contributed by atoms with Crippen molar-refractivity contribution in [2.75, 3.05) is 23.3 Å². The van der Waals surface area contributed by atoms with Crippen LogP contribution in [0.25, 0.3) is 11.0 Å². The minimum atomic E-state index is -0.550. The van der Waals surface area contributed by atoms with Crippen LogP contribution in [-0.2, 0) is 4.79 Å². The average Bonchev–Trinajstić information content (AvgIpc) is 2.76. The minimum absolute atomic E-state index is 0.0269. The lowest BCUT2D eigenvalue weighted by molar-refractivity contribution is -0.128. The number of nitrogens with one attached hydrogen (secondary N) is 1. The van der Waals surface area contributed by atoms with Crippen molar-refractivity contribution in [3.63, 3.8) is 0 Å². The summed E-state index contributed by atoms with van der Waals surface area (Å²) in [5.41, 5.74) is 1.40. The number of aromatic nitrogens is 3. The first-order chi connectivity index (χ1) is 14.5. The van der Waals surface area contributed by atoms with Gasteiger partial charge in [-0.25, -0.2) is 19.3 Å². The highest BCUT2D eigenvalue weighted by Gasteiger charge is 2.46. The van der Waals surface area contributed by atoms with Gasteiger partial charge in [0.15, 0.2) is 11.6 Å². The Kier molecular flexibility index (Phi) is 4.51. The number of pyridine rings is 1. The molecular formula is C21H18ClFN6O. The molecule has 2 aromatic heterocycles. The summed E-state index contributed by atoms with van der Waals surface area (Å²) in [5, 5.41) is 3.01. The van der Waals surface area contributed by atoms with Gasteiger partial charge >= 0.3 is 0 Å². The second kappa shape index (κ2) is 7.21. The predicted molar refractivity (Wildman–Crippen MR) is 113 cm³/mol. The smallest absolute Gasteiger partial charge is 0.246 e. The first-order valence-corrected chi connectivity index (χ1v) is 9.95. The van der Waals surface area contributed by atoms with Gasteiger partial charge in [-0.1, -0.05) is 24.2 Å². The monoisotopic (exact) mass is 424 g/mol. The minimum Gasteiger partial charge on any atom is -0.347 e. The number of benzene rings is 1. The molecule has 2 atom stereocenters. The standard InChI is InChI=1S/C21H18ClFN6O/c1-2-18(30)28-9-12-8-13(10-28)29(12)17-7-6-16-20(27-17)21(25-11-24-16)26-15-5-3-4-14(22)19(15)23/h2-7,11-13H,1,8-10H2,(H,24,25,26). The maximum absolute atomic E-state index is 14.3. The van der Waals surface area contributed by atoms with E-state index in [9.17, 15) is 9.18 Å². The van der Waals surface area contributed by atoms with E-state index in [1.165, 1.54) is 18.5 Å². The van der Waals surface area contributed by atoms with Gasteiger partial charge in [0, 0.05) is 13.1 Å². The summed E-state index contributed by atoms with van der Waals surface area (Å²) in [6.07, 6.45) is 3.78. The molecule has 3 saturated heterocycles. The first kappa shape index (κ1) is 18.7. The largest absolute Gasteiger partial charge is 0.347 e. The zero-order valence-electron chi connectivity index (χ0n) is 15.9. The lowest BCUT2D eigenvalue weighted by atomic mass is 9.87. The average molecular weight is 425 g/mol. The number of anilines is 3. The summed E-state index contributed by atoms with van der Waals surface area (Å²) in [6.45, 7) is 4.86. The third-order valence-electron chi connectivity index (χ3n) is 5.62. The summed E-state index contributed by atoms with van der Waals surface area (Å²) in [7, 11) is 0. The number of rotatable bonds is 4. The number of carbonyl (C=O) groups is 1. The van der Waals surface area contributed by atoms with Gasteiger partial charge in [-0.3, -0.25) is 4.79 Å². The van der Waals surface area contributed by atoms with E-state index in [1.54, 1.807) is 12.1 Å². The van der Waals surface area contributed by atoms with Crippen molar-refractivity contribution in [1.82, 2.24) is 19.9 Å². The van der Waals surface area contributed by atoms with Crippen LogP contribution in [0, 0.1) is 5.82 Å². The highest BCUT2D eigenvalue weighted by molar-refractivity contribution is 6.31. The Morgan fingerprint density at radius 2 is 2.03 bits per heavy atom. The van der Waals surface area contributed by atoms with E-state index in [-0.39, 0.29) is 28.7 Å². The van der Waals surface area contributed by atoms with E-state index in [0.29, 0.717) is 29.9 Å². The fourth-order valence-electron chi connectivity index (χ4n) is 4.19. The molecule has 3 aliphatic rings. The van der Waals surface area contributed by atoms with Crippen LogP contribution in [0.1, 0.15) is 6.42 Å². The van der Waals surface area contributed by atoms with Crippen molar-refractivity contribution >= 4 is 45.9 Å². The van der Waals surface area contributed by atoms with E-state index in [4.69, 9.17) is 16.6 Å². The maximum atomic E-state index is 14.3. The van der Waals surface area contributed by atoms with Gasteiger partial charge in [-0.15, -0.1) is 0 Å². The second-order valence-corrected chi connectivity index (χ2v) is 7.79. The van der Waals surface area contributed by atoms with E-state index in [0.717, 1.165) is 12.2 Å². The SMILES string of the molecule is C=CC(=O)N1CC2CC(C1)N2c1ccc2ncnc(Nc3cccc(Cl)c3F)c2n1. The van der Waals surface area contributed by atoms with Crippen molar-refractivity contribution < 1.29 is 9.18 Å². The van der Waals surface area contributed by atoms with Gasteiger partial charge in [0.2, 0.25) is 5.91 Å². The predicted octanol–water partition coefficient (Wildman–Crippen LogP) is 3.54. The summed E-state index contributed by atoms with van der Waals surface area (Å²) in [5.74, 6) is 0.599. The van der Waals surface area contributed by atoms with Crippen LogP contribution in [-0.4, -0.2) is 50.9 Å². The molecule has 0 spiro atoms. The molecule has 0 saturated carbocycles. The van der Waals surface area contributed by atoms with E-state index in [1.807, 2.05) is 17.0 Å². The van der Waals surface area contributed by atoms with Crippen LogP contribution in [0.3, 0.4) is 0 Å². The quantitative estimate of drug-likeness (QED) is 0.646. The molecule has 1 amide bonds. The van der Waals surface area contributed by atoms with Crippen LogP contribution in [0.5, 0.6) is 0 Å². The Morgan fingerprint density at radius 1 is 1.23 bits per heavy atom. The Morgan fingerprint density at radius 3 is 2.80 bits per heavy atom. The molecule has 5 heterocycles. The molecule has 2 bridgehead atoms. The Labute approximate surface area is 177 Å². The fraction of sp³-hybridized carbons (Fsp3) is 0.238. The van der Waals surface area contributed by atoms with Crippen LogP contribution in [0.4, 0.5) is 21.7 Å². The summed E-state index contributed by atoms with van der Waals surface area (Å²) >= 11 is 5.89. The topological polar surface area (TPSA) is 74.2 Å². The molecule has 1 aromatic carbocycles. The molecule has 3 fully saturated rings. The number of nitrogens with zero attached hydrogens (tertiary/aromatic N) is 5. The molecule has 2 unspecified atom stereocenters. The molecule has 7 nitrogen and oxygen atoms in total. The number of halogens is 2. The van der Waals surface area contributed by atoms with E-state index in [2.05, 4.69) is 26.8 Å². The summed E-state index contributed by atoms with van der Waals surface area (Å²) in [6, 6.07) is 8.95. The lowest BCUT2D eigenvalue weighted by Crippen LogP contribution is -2.69. The summed E-state index contributed by atoms with van der Waals surface area (Å²) < 4.78 is 14.3. The molecule has 9 heteroatoms. The number of carbonyl (C=O) groups excluding carboxylic acids is 1. The zero-order chi connectivity index (χ0) is 20.8.